The number of hydrogen-bond donors (Lipinski definition) is 2. The molecule has 0 bridgehead atoms. The fraction of sp³-hybridized carbons (Fsp3) is 0.857. The lowest BCUT2D eigenvalue weighted by Crippen LogP contribution is -2.32. The second-order valence-electron chi connectivity index (χ2n) is 2.66. The molecule has 0 aromatic heterocycles. The van der Waals surface area contributed by atoms with E-state index in [4.69, 9.17) is 10.5 Å². The first-order valence-corrected chi connectivity index (χ1v) is 3.64. The predicted octanol–water partition coefficient (Wildman–Crippen LogP) is -0.656. The van der Waals surface area contributed by atoms with Gasteiger partial charge in [0, 0.05) is 20.3 Å². The topological polar surface area (TPSA) is 64.3 Å². The maximum absolute atomic E-state index is 10.3. The number of rotatable bonds is 6. The Balaban J connectivity index is 3.16. The zero-order valence-corrected chi connectivity index (χ0v) is 7.09. The molecule has 11 heavy (non-hydrogen) atoms. The molecule has 66 valence electrons. The van der Waals surface area contributed by atoms with Crippen LogP contribution in [0.4, 0.5) is 0 Å². The van der Waals surface area contributed by atoms with Gasteiger partial charge < -0.3 is 15.8 Å². The zero-order chi connectivity index (χ0) is 8.69. The van der Waals surface area contributed by atoms with E-state index in [-0.39, 0.29) is 12.5 Å². The smallest absolute Gasteiger partial charge is 0.231 e. The van der Waals surface area contributed by atoms with E-state index in [0.29, 0.717) is 12.5 Å². The predicted molar refractivity (Wildman–Crippen MR) is 43.1 cm³/mol. The van der Waals surface area contributed by atoms with Crippen molar-refractivity contribution in [3.8, 4) is 0 Å². The zero-order valence-electron chi connectivity index (χ0n) is 7.09. The van der Waals surface area contributed by atoms with Crippen LogP contribution >= 0.6 is 0 Å². The summed E-state index contributed by atoms with van der Waals surface area (Å²) in [6, 6.07) is 0. The number of nitrogens with two attached hydrogens (primary N) is 1. The molecule has 1 amide bonds. The number of ether oxygens (including phenoxy) is 1. The van der Waals surface area contributed by atoms with Crippen molar-refractivity contribution >= 4 is 5.91 Å². The number of carbonyl (C=O) groups excluding carboxylic acids is 1. The van der Waals surface area contributed by atoms with Crippen molar-refractivity contribution in [3.63, 3.8) is 0 Å². The minimum absolute atomic E-state index is 0.244. The largest absolute Gasteiger partial charge is 0.384 e. The summed E-state index contributed by atoms with van der Waals surface area (Å²) in [6.07, 6.45) is 0. The van der Waals surface area contributed by atoms with Gasteiger partial charge in [-0.3, -0.25) is 4.79 Å². The van der Waals surface area contributed by atoms with Crippen molar-refractivity contribution in [2.45, 2.75) is 6.92 Å². The first kappa shape index (κ1) is 10.4. The van der Waals surface area contributed by atoms with Crippen LogP contribution in [0.25, 0.3) is 0 Å². The number of amides is 1. The molecule has 0 spiro atoms. The highest BCUT2D eigenvalue weighted by Crippen LogP contribution is 1.90. The monoisotopic (exact) mass is 160 g/mol. The van der Waals surface area contributed by atoms with Gasteiger partial charge in [-0.05, 0) is 5.92 Å². The van der Waals surface area contributed by atoms with Gasteiger partial charge >= 0.3 is 0 Å². The van der Waals surface area contributed by atoms with Gasteiger partial charge in [0.25, 0.3) is 0 Å². The van der Waals surface area contributed by atoms with Crippen molar-refractivity contribution in [2.24, 2.45) is 11.7 Å². The van der Waals surface area contributed by atoms with Gasteiger partial charge in [0.15, 0.2) is 0 Å². The highest BCUT2D eigenvalue weighted by molar-refractivity contribution is 5.75. The van der Waals surface area contributed by atoms with Crippen molar-refractivity contribution in [2.75, 3.05) is 26.8 Å². The van der Waals surface area contributed by atoms with E-state index in [1.54, 1.807) is 7.11 Å². The van der Waals surface area contributed by atoms with Crippen LogP contribution in [-0.4, -0.2) is 32.7 Å². The molecule has 3 N–H and O–H groups in total. The molecule has 4 heteroatoms. The van der Waals surface area contributed by atoms with Gasteiger partial charge in [-0.2, -0.15) is 0 Å². The molecular weight excluding hydrogens is 144 g/mol. The second-order valence-corrected chi connectivity index (χ2v) is 2.66. The quantitative estimate of drug-likeness (QED) is 0.542. The Morgan fingerprint density at radius 3 is 2.82 bits per heavy atom. The van der Waals surface area contributed by atoms with Gasteiger partial charge in [-0.25, -0.2) is 0 Å². The van der Waals surface area contributed by atoms with Crippen LogP contribution in [0, 0.1) is 5.92 Å². The summed E-state index contributed by atoms with van der Waals surface area (Å²) in [7, 11) is 1.66. The Bertz CT molecular complexity index is 117. The number of methoxy groups -OCH3 is 1. The molecule has 0 rings (SSSR count). The summed E-state index contributed by atoms with van der Waals surface area (Å²) < 4.78 is 4.90. The lowest BCUT2D eigenvalue weighted by molar-refractivity contribution is -0.117. The van der Waals surface area contributed by atoms with Crippen LogP contribution in [0.3, 0.4) is 0 Å². The summed E-state index contributed by atoms with van der Waals surface area (Å²) in [5, 5.41) is 2.91. The Morgan fingerprint density at radius 1 is 1.73 bits per heavy atom. The van der Waals surface area contributed by atoms with E-state index in [2.05, 4.69) is 5.32 Å². The first-order chi connectivity index (χ1) is 5.16. The van der Waals surface area contributed by atoms with Gasteiger partial charge in [-0.15, -0.1) is 0 Å². The third-order valence-electron chi connectivity index (χ3n) is 1.24. The van der Waals surface area contributed by atoms with E-state index in [1.165, 1.54) is 0 Å². The molecule has 0 saturated carbocycles. The normalized spacial score (nSPS) is 12.9. The summed E-state index contributed by atoms with van der Waals surface area (Å²) in [4.78, 5) is 10.3. The van der Waals surface area contributed by atoms with Crippen LogP contribution in [0.15, 0.2) is 0 Å². The molecule has 4 nitrogen and oxygen atoms in total. The molecule has 0 aromatic carbocycles. The van der Waals surface area contributed by atoms with Gasteiger partial charge in [0.1, 0.15) is 0 Å². The summed E-state index contributed by atoms with van der Waals surface area (Å²) in [5.74, 6) is 0.0916. The van der Waals surface area contributed by atoms with E-state index in [1.807, 2.05) is 6.92 Å². The molecule has 1 unspecified atom stereocenters. The Kier molecular flexibility index (Phi) is 5.78. The van der Waals surface area contributed by atoms with Crippen LogP contribution < -0.4 is 11.1 Å². The van der Waals surface area contributed by atoms with E-state index >= 15 is 0 Å². The Hall–Kier alpha value is -0.610. The van der Waals surface area contributed by atoms with Crippen molar-refractivity contribution in [1.82, 2.24) is 5.32 Å². The summed E-state index contributed by atoms with van der Waals surface area (Å²) >= 11 is 0. The van der Waals surface area contributed by atoms with E-state index in [9.17, 15) is 4.79 Å². The SMILES string of the molecule is COCC(C)CNCC(N)=O. The van der Waals surface area contributed by atoms with Gasteiger partial charge in [0.2, 0.25) is 5.91 Å². The Labute approximate surface area is 67.1 Å². The van der Waals surface area contributed by atoms with E-state index < -0.39 is 0 Å². The number of hydrogen-bond acceptors (Lipinski definition) is 3. The minimum Gasteiger partial charge on any atom is -0.384 e. The van der Waals surface area contributed by atoms with Gasteiger partial charge in [0.05, 0.1) is 6.54 Å². The molecule has 0 heterocycles. The maximum atomic E-state index is 10.3. The fourth-order valence-corrected chi connectivity index (χ4v) is 0.785. The van der Waals surface area contributed by atoms with Crippen molar-refractivity contribution in [3.05, 3.63) is 0 Å². The summed E-state index contributed by atoms with van der Waals surface area (Å²) in [5.41, 5.74) is 4.92. The Morgan fingerprint density at radius 2 is 2.36 bits per heavy atom. The third kappa shape index (κ3) is 7.29. The number of nitrogens with one attached hydrogen (secondary N) is 1. The number of primary amides is 1. The molecule has 0 aliphatic carbocycles. The van der Waals surface area contributed by atoms with Gasteiger partial charge in [-0.1, -0.05) is 6.92 Å². The molecule has 0 radical (unpaired) electrons. The van der Waals surface area contributed by atoms with E-state index in [0.717, 1.165) is 6.54 Å². The molecule has 0 aliphatic rings. The fourth-order valence-electron chi connectivity index (χ4n) is 0.785. The molecule has 1 atom stereocenters. The number of carbonyl (C=O) groups is 1. The molecule has 0 aliphatic heterocycles. The van der Waals surface area contributed by atoms with Crippen LogP contribution in [0.1, 0.15) is 6.92 Å². The standard InChI is InChI=1S/C7H16N2O2/c1-6(5-11-2)3-9-4-7(8)10/h6,9H,3-5H2,1-2H3,(H2,8,10). The summed E-state index contributed by atoms with van der Waals surface area (Å²) in [6.45, 7) is 3.74. The van der Waals surface area contributed by atoms with Crippen LogP contribution in [0.5, 0.6) is 0 Å². The van der Waals surface area contributed by atoms with Crippen molar-refractivity contribution in [1.29, 1.82) is 0 Å². The molecule has 0 aromatic rings. The highest BCUT2D eigenvalue weighted by Gasteiger charge is 2.00. The van der Waals surface area contributed by atoms with Crippen LogP contribution in [-0.2, 0) is 9.53 Å². The highest BCUT2D eigenvalue weighted by atomic mass is 16.5. The maximum Gasteiger partial charge on any atom is 0.231 e. The molecule has 0 saturated heterocycles. The van der Waals surface area contributed by atoms with Crippen molar-refractivity contribution < 1.29 is 9.53 Å². The third-order valence-corrected chi connectivity index (χ3v) is 1.24. The first-order valence-electron chi connectivity index (χ1n) is 3.64. The minimum atomic E-state index is -0.324. The second kappa shape index (κ2) is 6.12. The van der Waals surface area contributed by atoms with Crippen LogP contribution in [0.2, 0.25) is 0 Å². The lowest BCUT2D eigenvalue weighted by Gasteiger charge is -2.09. The average molecular weight is 160 g/mol. The molecule has 0 fully saturated rings. The average Bonchev–Trinajstić information content (AvgIpc) is 1.87. The molecular formula is C7H16N2O2. The lowest BCUT2D eigenvalue weighted by atomic mass is 10.2.